The van der Waals surface area contributed by atoms with Crippen molar-refractivity contribution in [3.05, 3.63) is 35.6 Å². The fourth-order valence-electron chi connectivity index (χ4n) is 1.89. The molecule has 2 rings (SSSR count). The fraction of sp³-hybridized carbons (Fsp3) is 0.500. The molecule has 1 aromatic rings. The minimum absolute atomic E-state index is 0.00160. The molecule has 4 heteroatoms. The van der Waals surface area contributed by atoms with Crippen LogP contribution in [0.15, 0.2) is 24.3 Å². The summed E-state index contributed by atoms with van der Waals surface area (Å²) in [7, 11) is 0. The van der Waals surface area contributed by atoms with E-state index in [2.05, 4.69) is 0 Å². The van der Waals surface area contributed by atoms with Crippen molar-refractivity contribution in [3.8, 4) is 0 Å². The van der Waals surface area contributed by atoms with Gasteiger partial charge in [-0.25, -0.2) is 4.39 Å². The van der Waals surface area contributed by atoms with E-state index in [4.69, 9.17) is 15.2 Å². The maximum atomic E-state index is 13.1. The maximum Gasteiger partial charge on any atom is 0.192 e. The van der Waals surface area contributed by atoms with E-state index in [0.29, 0.717) is 18.7 Å². The number of rotatable bonds is 3. The van der Waals surface area contributed by atoms with E-state index in [9.17, 15) is 4.39 Å². The molecule has 1 saturated heterocycles. The molecule has 3 nitrogen and oxygen atoms in total. The molecule has 1 aliphatic heterocycles. The van der Waals surface area contributed by atoms with Crippen molar-refractivity contribution >= 4 is 0 Å². The number of halogens is 1. The van der Waals surface area contributed by atoms with Crippen LogP contribution in [0.25, 0.3) is 0 Å². The molecule has 2 atom stereocenters. The Morgan fingerprint density at radius 2 is 2.38 bits per heavy atom. The van der Waals surface area contributed by atoms with Crippen LogP contribution in [0.1, 0.15) is 18.9 Å². The second-order valence-corrected chi connectivity index (χ2v) is 4.08. The van der Waals surface area contributed by atoms with E-state index in [1.165, 1.54) is 12.1 Å². The first-order chi connectivity index (χ1) is 7.64. The maximum absolute atomic E-state index is 13.1. The Balaban J connectivity index is 2.15. The number of hydrogen-bond acceptors (Lipinski definition) is 3. The highest BCUT2D eigenvalue weighted by Crippen LogP contribution is 2.34. The lowest BCUT2D eigenvalue weighted by Crippen LogP contribution is -2.24. The molecule has 0 saturated carbocycles. The van der Waals surface area contributed by atoms with E-state index in [0.717, 1.165) is 6.42 Å². The summed E-state index contributed by atoms with van der Waals surface area (Å²) in [6, 6.07) is 6.29. The monoisotopic (exact) mass is 225 g/mol. The molecular weight excluding hydrogens is 209 g/mol. The van der Waals surface area contributed by atoms with Gasteiger partial charge < -0.3 is 15.2 Å². The van der Waals surface area contributed by atoms with Gasteiger partial charge in [-0.15, -0.1) is 0 Å². The van der Waals surface area contributed by atoms with Crippen molar-refractivity contribution in [1.29, 1.82) is 0 Å². The molecule has 2 N–H and O–H groups in total. The van der Waals surface area contributed by atoms with Crippen molar-refractivity contribution < 1.29 is 13.9 Å². The van der Waals surface area contributed by atoms with Crippen LogP contribution in [0.5, 0.6) is 0 Å². The van der Waals surface area contributed by atoms with Crippen LogP contribution in [0.3, 0.4) is 0 Å². The minimum atomic E-state index is -0.845. The van der Waals surface area contributed by atoms with Crippen LogP contribution in [-0.4, -0.2) is 19.3 Å². The number of nitrogens with two attached hydrogens (primary N) is 1. The van der Waals surface area contributed by atoms with Crippen LogP contribution in [0, 0.1) is 5.82 Å². The van der Waals surface area contributed by atoms with Gasteiger partial charge in [0.1, 0.15) is 5.82 Å². The molecule has 0 amide bonds. The number of ether oxygens (including phenoxy) is 2. The Labute approximate surface area is 94.3 Å². The first-order valence-electron chi connectivity index (χ1n) is 5.42. The van der Waals surface area contributed by atoms with Crippen LogP contribution in [-0.2, 0) is 15.3 Å². The van der Waals surface area contributed by atoms with Gasteiger partial charge in [0.25, 0.3) is 0 Å². The Hall–Kier alpha value is -0.970. The summed E-state index contributed by atoms with van der Waals surface area (Å²) in [5.41, 5.74) is 6.17. The van der Waals surface area contributed by atoms with Crippen LogP contribution in [0.2, 0.25) is 0 Å². The van der Waals surface area contributed by atoms with Crippen molar-refractivity contribution in [2.24, 2.45) is 5.73 Å². The summed E-state index contributed by atoms with van der Waals surface area (Å²) in [6.45, 7) is 2.87. The van der Waals surface area contributed by atoms with Crippen molar-refractivity contribution in [3.63, 3.8) is 0 Å². The van der Waals surface area contributed by atoms with Crippen LogP contribution in [0.4, 0.5) is 4.39 Å². The highest BCUT2D eigenvalue weighted by Gasteiger charge is 2.38. The molecule has 0 spiro atoms. The summed E-state index contributed by atoms with van der Waals surface area (Å²) in [4.78, 5) is 0. The lowest BCUT2D eigenvalue weighted by molar-refractivity contribution is -0.162. The van der Waals surface area contributed by atoms with E-state index in [1.54, 1.807) is 19.1 Å². The zero-order valence-corrected chi connectivity index (χ0v) is 9.28. The van der Waals surface area contributed by atoms with Gasteiger partial charge in [-0.3, -0.25) is 0 Å². The molecular formula is C12H16FNO2. The van der Waals surface area contributed by atoms with Crippen molar-refractivity contribution in [2.45, 2.75) is 25.2 Å². The summed E-state index contributed by atoms with van der Waals surface area (Å²) in [6.07, 6.45) is 0.753. The molecule has 1 aromatic carbocycles. The standard InChI is InChI=1S/C12H16FNO2/c1-12(9-3-2-4-10(13)7-9)15-8-11(16-12)5-6-14/h2-4,7,11H,5-6,8,14H2,1H3. The first-order valence-corrected chi connectivity index (χ1v) is 5.42. The molecule has 1 aliphatic rings. The van der Waals surface area contributed by atoms with E-state index in [-0.39, 0.29) is 11.9 Å². The zero-order valence-electron chi connectivity index (χ0n) is 9.28. The van der Waals surface area contributed by atoms with Gasteiger partial charge in [0.2, 0.25) is 0 Å². The highest BCUT2D eigenvalue weighted by atomic mass is 19.1. The summed E-state index contributed by atoms with van der Waals surface area (Å²) in [5.74, 6) is -1.13. The predicted octanol–water partition coefficient (Wildman–Crippen LogP) is 1.76. The lowest BCUT2D eigenvalue weighted by atomic mass is 10.1. The molecule has 88 valence electrons. The Kier molecular flexibility index (Phi) is 3.23. The van der Waals surface area contributed by atoms with Crippen molar-refractivity contribution in [1.82, 2.24) is 0 Å². The molecule has 2 unspecified atom stereocenters. The average molecular weight is 225 g/mol. The van der Waals surface area contributed by atoms with Crippen LogP contribution >= 0.6 is 0 Å². The third kappa shape index (κ3) is 2.24. The van der Waals surface area contributed by atoms with Gasteiger partial charge in [0, 0.05) is 5.56 Å². The van der Waals surface area contributed by atoms with Crippen molar-refractivity contribution in [2.75, 3.05) is 13.2 Å². The van der Waals surface area contributed by atoms with E-state index in [1.807, 2.05) is 0 Å². The largest absolute Gasteiger partial charge is 0.343 e. The Morgan fingerprint density at radius 1 is 1.56 bits per heavy atom. The topological polar surface area (TPSA) is 44.5 Å². The van der Waals surface area contributed by atoms with Gasteiger partial charge in [-0.05, 0) is 32.0 Å². The Morgan fingerprint density at radius 3 is 3.06 bits per heavy atom. The fourth-order valence-corrected chi connectivity index (χ4v) is 1.89. The second-order valence-electron chi connectivity index (χ2n) is 4.08. The molecule has 16 heavy (non-hydrogen) atoms. The predicted molar refractivity (Wildman–Crippen MR) is 58.2 cm³/mol. The molecule has 0 aliphatic carbocycles. The molecule has 1 heterocycles. The molecule has 1 fully saturated rings. The third-order valence-corrected chi connectivity index (χ3v) is 2.77. The third-order valence-electron chi connectivity index (χ3n) is 2.77. The smallest absolute Gasteiger partial charge is 0.192 e. The average Bonchev–Trinajstić information content (AvgIpc) is 2.62. The second kappa shape index (κ2) is 4.49. The molecule has 0 bridgehead atoms. The van der Waals surface area contributed by atoms with E-state index >= 15 is 0 Å². The SMILES string of the molecule is CC1(c2cccc(F)c2)OCC(CCN)O1. The van der Waals surface area contributed by atoms with Gasteiger partial charge in [-0.2, -0.15) is 0 Å². The number of benzene rings is 1. The first kappa shape index (κ1) is 11.5. The summed E-state index contributed by atoms with van der Waals surface area (Å²) >= 11 is 0. The van der Waals surface area contributed by atoms with Crippen LogP contribution < -0.4 is 5.73 Å². The van der Waals surface area contributed by atoms with Gasteiger partial charge in [0.05, 0.1) is 12.7 Å². The Bertz CT molecular complexity index is 372. The number of hydrogen-bond donors (Lipinski definition) is 1. The van der Waals surface area contributed by atoms with Gasteiger partial charge in [-0.1, -0.05) is 12.1 Å². The quantitative estimate of drug-likeness (QED) is 0.852. The summed E-state index contributed by atoms with van der Waals surface area (Å²) < 4.78 is 24.5. The zero-order chi connectivity index (χ0) is 11.6. The minimum Gasteiger partial charge on any atom is -0.343 e. The summed E-state index contributed by atoms with van der Waals surface area (Å²) in [5, 5.41) is 0. The normalized spacial score (nSPS) is 29.6. The highest BCUT2D eigenvalue weighted by molar-refractivity contribution is 5.21. The molecule has 0 radical (unpaired) electrons. The van der Waals surface area contributed by atoms with Gasteiger partial charge in [0.15, 0.2) is 5.79 Å². The van der Waals surface area contributed by atoms with Gasteiger partial charge >= 0.3 is 0 Å². The lowest BCUT2D eigenvalue weighted by Gasteiger charge is -2.23. The van der Waals surface area contributed by atoms with E-state index < -0.39 is 5.79 Å². The molecule has 0 aromatic heterocycles.